The number of allylic oxidation sites excluding steroid dienone is 1. The second-order valence-corrected chi connectivity index (χ2v) is 3.06. The molecule has 0 aliphatic heterocycles. The Morgan fingerprint density at radius 2 is 1.87 bits per heavy atom. The molecule has 0 amide bonds. The minimum absolute atomic E-state index is 0.0967. The minimum atomic E-state index is -0.623. The molecule has 0 bridgehead atoms. The first kappa shape index (κ1) is 9.26. The first-order chi connectivity index (χ1) is 7.09. The standard InChI is InChI=1S/C10H5NO4/c12-9-4-1-6-5-7(11(14)15)2-3-8(6)10(9)13/h1-5H. The van der Waals surface area contributed by atoms with Crippen molar-refractivity contribution in [2.75, 3.05) is 0 Å². The molecule has 1 aliphatic carbocycles. The average molecular weight is 203 g/mol. The van der Waals surface area contributed by atoms with Gasteiger partial charge >= 0.3 is 0 Å². The van der Waals surface area contributed by atoms with Gasteiger partial charge in [0, 0.05) is 17.7 Å². The number of carbonyl (C=O) groups is 2. The van der Waals surface area contributed by atoms with Crippen molar-refractivity contribution in [1.29, 1.82) is 0 Å². The molecule has 1 aliphatic rings. The molecule has 0 spiro atoms. The summed E-state index contributed by atoms with van der Waals surface area (Å²) in [6, 6.07) is 3.79. The molecule has 0 saturated heterocycles. The van der Waals surface area contributed by atoms with Crippen molar-refractivity contribution in [2.45, 2.75) is 0 Å². The van der Waals surface area contributed by atoms with Gasteiger partial charge in [-0.2, -0.15) is 0 Å². The zero-order chi connectivity index (χ0) is 11.0. The van der Waals surface area contributed by atoms with Crippen LogP contribution in [0.1, 0.15) is 15.9 Å². The summed E-state index contributed by atoms with van der Waals surface area (Å²) in [6.45, 7) is 0. The van der Waals surface area contributed by atoms with E-state index < -0.39 is 16.5 Å². The summed E-state index contributed by atoms with van der Waals surface area (Å²) in [5.41, 5.74) is 0.530. The maximum Gasteiger partial charge on any atom is 0.270 e. The Bertz CT molecular complexity index is 516. The summed E-state index contributed by atoms with van der Waals surface area (Å²) in [5, 5.41) is 10.5. The second kappa shape index (κ2) is 3.13. The third kappa shape index (κ3) is 1.43. The molecule has 0 radical (unpaired) electrons. The van der Waals surface area contributed by atoms with Gasteiger partial charge in [-0.25, -0.2) is 0 Å². The van der Waals surface area contributed by atoms with E-state index in [2.05, 4.69) is 0 Å². The van der Waals surface area contributed by atoms with Crippen LogP contribution in [0.5, 0.6) is 0 Å². The van der Waals surface area contributed by atoms with E-state index in [1.54, 1.807) is 0 Å². The summed E-state index contributed by atoms with van der Waals surface area (Å²) in [6.07, 6.45) is 2.53. The fraction of sp³-hybridized carbons (Fsp3) is 0. The first-order valence-electron chi connectivity index (χ1n) is 4.15. The largest absolute Gasteiger partial charge is 0.286 e. The van der Waals surface area contributed by atoms with Crippen LogP contribution in [0.3, 0.4) is 0 Å². The number of rotatable bonds is 1. The van der Waals surface area contributed by atoms with Gasteiger partial charge in [0.2, 0.25) is 11.6 Å². The lowest BCUT2D eigenvalue weighted by Gasteiger charge is -2.06. The highest BCUT2D eigenvalue weighted by atomic mass is 16.6. The molecule has 0 atom stereocenters. The molecule has 15 heavy (non-hydrogen) atoms. The maximum atomic E-state index is 11.3. The lowest BCUT2D eigenvalue weighted by atomic mass is 9.95. The van der Waals surface area contributed by atoms with Gasteiger partial charge in [0.05, 0.1) is 4.92 Å². The number of nitro groups is 1. The van der Waals surface area contributed by atoms with Crippen LogP contribution in [0, 0.1) is 10.1 Å². The highest BCUT2D eigenvalue weighted by molar-refractivity contribution is 6.50. The van der Waals surface area contributed by atoms with Crippen molar-refractivity contribution in [2.24, 2.45) is 0 Å². The van der Waals surface area contributed by atoms with Crippen molar-refractivity contribution in [3.63, 3.8) is 0 Å². The van der Waals surface area contributed by atoms with E-state index in [-0.39, 0.29) is 11.3 Å². The van der Waals surface area contributed by atoms with Gasteiger partial charge in [-0.3, -0.25) is 19.7 Å². The number of carbonyl (C=O) groups excluding carboxylic acids is 2. The van der Waals surface area contributed by atoms with Crippen molar-refractivity contribution in [1.82, 2.24) is 0 Å². The van der Waals surface area contributed by atoms with Crippen molar-refractivity contribution >= 4 is 23.3 Å². The number of Topliss-reactive ketones (excluding diaryl/α,β-unsaturated/α-hetero) is 1. The van der Waals surface area contributed by atoms with Crippen LogP contribution in [0.4, 0.5) is 5.69 Å². The van der Waals surface area contributed by atoms with Crippen molar-refractivity contribution in [3.05, 3.63) is 45.5 Å². The Kier molecular flexibility index (Phi) is 1.93. The molecule has 0 N–H and O–H groups in total. The summed E-state index contributed by atoms with van der Waals surface area (Å²) in [5.74, 6) is -1.22. The quantitative estimate of drug-likeness (QED) is 0.392. The molecule has 0 saturated carbocycles. The summed E-state index contributed by atoms with van der Waals surface area (Å²) in [4.78, 5) is 32.2. The van der Waals surface area contributed by atoms with E-state index in [0.717, 1.165) is 6.08 Å². The number of benzene rings is 1. The van der Waals surface area contributed by atoms with Gasteiger partial charge in [0.15, 0.2) is 0 Å². The van der Waals surface area contributed by atoms with E-state index in [9.17, 15) is 19.7 Å². The first-order valence-corrected chi connectivity index (χ1v) is 4.15. The van der Waals surface area contributed by atoms with Gasteiger partial charge < -0.3 is 0 Å². The molecule has 5 heteroatoms. The maximum absolute atomic E-state index is 11.3. The number of fused-ring (bicyclic) bond motifs is 1. The second-order valence-electron chi connectivity index (χ2n) is 3.06. The predicted octanol–water partition coefficient (Wildman–Crippen LogP) is 1.37. The number of hydrogen-bond donors (Lipinski definition) is 0. The molecule has 2 rings (SSSR count). The van der Waals surface area contributed by atoms with E-state index in [1.165, 1.54) is 24.3 Å². The van der Waals surface area contributed by atoms with Crippen LogP contribution in [0.2, 0.25) is 0 Å². The fourth-order valence-electron chi connectivity index (χ4n) is 1.38. The molecule has 0 unspecified atom stereocenters. The number of non-ortho nitro benzene ring substituents is 1. The normalized spacial score (nSPS) is 13.9. The number of nitrogens with zero attached hydrogens (tertiary/aromatic N) is 1. The zero-order valence-corrected chi connectivity index (χ0v) is 7.47. The minimum Gasteiger partial charge on any atom is -0.286 e. The fourth-order valence-corrected chi connectivity index (χ4v) is 1.38. The van der Waals surface area contributed by atoms with Crippen molar-refractivity contribution < 1.29 is 14.5 Å². The monoisotopic (exact) mass is 203 g/mol. The lowest BCUT2D eigenvalue weighted by molar-refractivity contribution is -0.384. The van der Waals surface area contributed by atoms with Crippen LogP contribution in [0.15, 0.2) is 24.3 Å². The van der Waals surface area contributed by atoms with E-state index in [4.69, 9.17) is 0 Å². The van der Waals surface area contributed by atoms with Crippen LogP contribution in [0.25, 0.3) is 6.08 Å². The van der Waals surface area contributed by atoms with Crippen LogP contribution < -0.4 is 0 Å². The summed E-state index contributed by atoms with van der Waals surface area (Å²) >= 11 is 0. The number of nitro benzene ring substituents is 1. The molecule has 5 nitrogen and oxygen atoms in total. The van der Waals surface area contributed by atoms with Crippen LogP contribution >= 0.6 is 0 Å². The van der Waals surface area contributed by atoms with Gasteiger partial charge in [0.25, 0.3) is 5.69 Å². The topological polar surface area (TPSA) is 77.3 Å². The molecule has 0 fully saturated rings. The van der Waals surface area contributed by atoms with Crippen molar-refractivity contribution in [3.8, 4) is 0 Å². The molecule has 0 heterocycles. The van der Waals surface area contributed by atoms with E-state index in [1.807, 2.05) is 0 Å². The molecule has 74 valence electrons. The molecular weight excluding hydrogens is 198 g/mol. The van der Waals surface area contributed by atoms with Gasteiger partial charge in [-0.05, 0) is 23.8 Å². The Hall–Kier alpha value is -2.30. The molecule has 1 aromatic rings. The number of ketones is 2. The van der Waals surface area contributed by atoms with Crippen LogP contribution in [-0.2, 0) is 4.79 Å². The predicted molar refractivity (Wildman–Crippen MR) is 51.5 cm³/mol. The highest BCUT2D eigenvalue weighted by Crippen LogP contribution is 2.22. The summed E-state index contributed by atoms with van der Waals surface area (Å²) in [7, 11) is 0. The average Bonchev–Trinajstić information content (AvgIpc) is 2.23. The van der Waals surface area contributed by atoms with Crippen LogP contribution in [-0.4, -0.2) is 16.5 Å². The molecule has 0 aromatic heterocycles. The number of hydrogen-bond acceptors (Lipinski definition) is 4. The Balaban J connectivity index is 2.59. The SMILES string of the molecule is O=C1C=Cc2cc([N+](=O)[O-])ccc2C1=O. The Morgan fingerprint density at radius 3 is 2.53 bits per heavy atom. The highest BCUT2D eigenvalue weighted by Gasteiger charge is 2.22. The third-order valence-electron chi connectivity index (χ3n) is 2.13. The molecule has 1 aromatic carbocycles. The Morgan fingerprint density at radius 1 is 1.13 bits per heavy atom. The van der Waals surface area contributed by atoms with E-state index in [0.29, 0.717) is 5.56 Å². The Labute approximate surface area is 84.2 Å². The van der Waals surface area contributed by atoms with E-state index >= 15 is 0 Å². The lowest BCUT2D eigenvalue weighted by Crippen LogP contribution is -2.16. The molecular formula is C10H5NO4. The third-order valence-corrected chi connectivity index (χ3v) is 2.13. The summed E-state index contributed by atoms with van der Waals surface area (Å²) < 4.78 is 0. The van der Waals surface area contributed by atoms with Gasteiger partial charge in [-0.15, -0.1) is 0 Å². The smallest absolute Gasteiger partial charge is 0.270 e. The van der Waals surface area contributed by atoms with Gasteiger partial charge in [0.1, 0.15) is 0 Å². The van der Waals surface area contributed by atoms with Gasteiger partial charge in [-0.1, -0.05) is 0 Å². The zero-order valence-electron chi connectivity index (χ0n) is 7.47.